The Balaban J connectivity index is 0.000000198. The van der Waals surface area contributed by atoms with E-state index in [1.165, 1.54) is 12.4 Å². The molecule has 8 rings (SSSR count). The van der Waals surface area contributed by atoms with Gasteiger partial charge in [0.1, 0.15) is 16.7 Å². The molecule has 16 heteroatoms. The Bertz CT molecular complexity index is 2570. The van der Waals surface area contributed by atoms with Crippen LogP contribution in [-0.4, -0.2) is 76.1 Å². The highest BCUT2D eigenvalue weighted by Gasteiger charge is 2.34. The average molecular weight is 909 g/mol. The Morgan fingerprint density at radius 1 is 0.708 bits per heavy atom. The number of nitrogens with zero attached hydrogens (tertiary/aromatic N) is 3. The third-order valence-electron chi connectivity index (χ3n) is 12.6. The second kappa shape index (κ2) is 20.1. The third kappa shape index (κ3) is 10.7. The highest BCUT2D eigenvalue weighted by molar-refractivity contribution is 5.95. The first-order chi connectivity index (χ1) is 31.0. The molecule has 2 aliphatic heterocycles. The molecule has 4 aromatic rings. The topological polar surface area (TPSA) is 138 Å². The van der Waals surface area contributed by atoms with Crippen molar-refractivity contribution < 1.29 is 46.2 Å². The molecule has 4 aliphatic rings. The molecule has 2 aromatic heterocycles. The van der Waals surface area contributed by atoms with Crippen molar-refractivity contribution in [1.82, 2.24) is 19.4 Å². The van der Waals surface area contributed by atoms with Gasteiger partial charge in [0.25, 0.3) is 0 Å². The quantitative estimate of drug-likeness (QED) is 0.0745. The molecule has 4 heterocycles. The molecule has 4 fully saturated rings. The van der Waals surface area contributed by atoms with E-state index in [1.54, 1.807) is 27.9 Å². The van der Waals surface area contributed by atoms with E-state index in [0.29, 0.717) is 49.3 Å². The number of halogens is 4. The SMILES string of the molecule is CCOC(=O)c1cn(C2CC2)c2c(CCC[C@@H]3CCCN3)c(F)c(F)cc2c1=O.CCOC(=O)c1cn(C2CC2)c2c(CCC[C@@H]3CCCN3C(=O)OC(C)(C)C)c(F)c(F)cc2c1=O. The lowest BCUT2D eigenvalue weighted by Gasteiger charge is -2.28. The zero-order chi connectivity index (χ0) is 46.7. The van der Waals surface area contributed by atoms with Gasteiger partial charge in [0.05, 0.1) is 24.2 Å². The summed E-state index contributed by atoms with van der Waals surface area (Å²) in [4.78, 5) is 65.0. The number of ether oxygens (including phenoxy) is 3. The lowest BCUT2D eigenvalue weighted by molar-refractivity contribution is 0.0218. The van der Waals surface area contributed by atoms with E-state index in [1.807, 2.05) is 20.8 Å². The van der Waals surface area contributed by atoms with Gasteiger partial charge in [0.15, 0.2) is 23.3 Å². The second-order valence-electron chi connectivity index (χ2n) is 18.6. The molecule has 0 bridgehead atoms. The number of esters is 2. The minimum atomic E-state index is -1.12. The van der Waals surface area contributed by atoms with Crippen molar-refractivity contribution in [3.8, 4) is 0 Å². The fourth-order valence-electron chi connectivity index (χ4n) is 9.27. The van der Waals surface area contributed by atoms with Gasteiger partial charge in [-0.1, -0.05) is 0 Å². The van der Waals surface area contributed by atoms with Crippen LogP contribution in [0.3, 0.4) is 0 Å². The molecule has 352 valence electrons. The maximum Gasteiger partial charge on any atom is 0.410 e. The van der Waals surface area contributed by atoms with E-state index < -0.39 is 51.7 Å². The summed E-state index contributed by atoms with van der Waals surface area (Å²) >= 11 is 0. The average Bonchev–Trinajstić information content (AvgIpc) is 4.18. The molecule has 1 amide bonds. The van der Waals surface area contributed by atoms with Crippen molar-refractivity contribution in [2.45, 2.75) is 154 Å². The summed E-state index contributed by atoms with van der Waals surface area (Å²) in [6.45, 7) is 10.6. The molecule has 1 N–H and O–H groups in total. The van der Waals surface area contributed by atoms with Crippen LogP contribution >= 0.6 is 0 Å². The van der Waals surface area contributed by atoms with E-state index in [0.717, 1.165) is 76.5 Å². The van der Waals surface area contributed by atoms with Crippen LogP contribution in [0, 0.1) is 23.3 Å². The molecule has 65 heavy (non-hydrogen) atoms. The molecule has 2 saturated heterocycles. The zero-order valence-electron chi connectivity index (χ0n) is 38.0. The van der Waals surface area contributed by atoms with Crippen molar-refractivity contribution in [2.24, 2.45) is 0 Å². The maximum absolute atomic E-state index is 15.1. The van der Waals surface area contributed by atoms with Gasteiger partial charge in [-0.3, -0.25) is 9.59 Å². The molecule has 0 spiro atoms. The number of rotatable bonds is 14. The van der Waals surface area contributed by atoms with Gasteiger partial charge >= 0.3 is 18.0 Å². The van der Waals surface area contributed by atoms with Gasteiger partial charge in [-0.15, -0.1) is 0 Å². The van der Waals surface area contributed by atoms with Gasteiger partial charge in [0.2, 0.25) is 10.9 Å². The second-order valence-corrected chi connectivity index (χ2v) is 18.6. The predicted octanol–water partition coefficient (Wildman–Crippen LogP) is 9.38. The van der Waals surface area contributed by atoms with Crippen LogP contribution in [0.4, 0.5) is 22.4 Å². The number of aromatic nitrogens is 2. The number of nitrogens with one attached hydrogen (secondary N) is 1. The number of carbonyl (C=O) groups excluding carboxylic acids is 3. The highest BCUT2D eigenvalue weighted by Crippen LogP contribution is 2.40. The van der Waals surface area contributed by atoms with Crippen LogP contribution in [0.2, 0.25) is 0 Å². The number of carbonyl (C=O) groups is 3. The lowest BCUT2D eigenvalue weighted by atomic mass is 9.98. The van der Waals surface area contributed by atoms with Crippen molar-refractivity contribution in [3.05, 3.63) is 90.5 Å². The highest BCUT2D eigenvalue weighted by atomic mass is 19.2. The zero-order valence-corrected chi connectivity index (χ0v) is 38.0. The normalized spacial score (nSPS) is 18.5. The minimum absolute atomic E-state index is 0.0161. The number of aryl methyl sites for hydroxylation is 2. The van der Waals surface area contributed by atoms with Gasteiger partial charge < -0.3 is 33.6 Å². The number of benzene rings is 2. The molecule has 0 radical (unpaired) electrons. The number of fused-ring (bicyclic) bond motifs is 2. The summed E-state index contributed by atoms with van der Waals surface area (Å²) < 4.78 is 78.1. The Morgan fingerprint density at radius 2 is 1.20 bits per heavy atom. The van der Waals surface area contributed by atoms with Crippen LogP contribution in [0.1, 0.15) is 156 Å². The number of hydrogen-bond donors (Lipinski definition) is 1. The summed E-state index contributed by atoms with van der Waals surface area (Å²) in [6, 6.07) is 2.30. The molecular formula is C49H60F4N4O8. The standard InChI is InChI=1S/C27H34F2N2O5.C22H26F2N2O3/c1-5-35-25(33)20-15-31(17-11-12-17)23-18(22(29)21(28)14-19(23)24(20)32)10-6-8-16-9-7-13-30(16)26(34)36-27(2,3)4;1-2-29-22(28)17-12-26(14-8-9-14)20-15(7-3-5-13-6-4-10-25-13)19(24)18(23)11-16(20)21(17)27/h14-17H,5-13H2,1-4H3;11-14,25H,2-10H2,1H3/t16-;13-/m11/s1. The maximum atomic E-state index is 15.1. The largest absolute Gasteiger partial charge is 0.462 e. The van der Waals surface area contributed by atoms with Crippen LogP contribution in [0.25, 0.3) is 21.8 Å². The van der Waals surface area contributed by atoms with E-state index in [2.05, 4.69) is 5.32 Å². The number of amides is 1. The van der Waals surface area contributed by atoms with Gasteiger partial charge in [0, 0.05) is 65.0 Å². The first kappa shape index (κ1) is 47.7. The van der Waals surface area contributed by atoms with Crippen LogP contribution in [0.5, 0.6) is 0 Å². The predicted molar refractivity (Wildman–Crippen MR) is 238 cm³/mol. The molecule has 12 nitrogen and oxygen atoms in total. The van der Waals surface area contributed by atoms with E-state index in [-0.39, 0.29) is 76.9 Å². The third-order valence-corrected chi connectivity index (χ3v) is 12.6. The van der Waals surface area contributed by atoms with Crippen LogP contribution < -0.4 is 16.2 Å². The fraction of sp³-hybridized carbons (Fsp3) is 0.571. The summed E-state index contributed by atoms with van der Waals surface area (Å²) in [5, 5.41) is 3.45. The van der Waals surface area contributed by atoms with Crippen molar-refractivity contribution in [1.29, 1.82) is 0 Å². The molecule has 2 saturated carbocycles. The molecule has 2 atom stereocenters. The van der Waals surface area contributed by atoms with Crippen LogP contribution in [0.15, 0.2) is 34.1 Å². The van der Waals surface area contributed by atoms with Crippen molar-refractivity contribution in [3.63, 3.8) is 0 Å². The molecular weight excluding hydrogens is 849 g/mol. The monoisotopic (exact) mass is 908 g/mol. The minimum Gasteiger partial charge on any atom is -0.462 e. The summed E-state index contributed by atoms with van der Waals surface area (Å²) in [5.41, 5.74) is -1.04. The first-order valence-electron chi connectivity index (χ1n) is 23.2. The summed E-state index contributed by atoms with van der Waals surface area (Å²) in [7, 11) is 0. The summed E-state index contributed by atoms with van der Waals surface area (Å²) in [5.74, 6) is -5.53. The molecule has 0 unspecified atom stereocenters. The van der Waals surface area contributed by atoms with Gasteiger partial charge in [-0.2, -0.15) is 0 Å². The number of likely N-dealkylation sites (tertiary alicyclic amines) is 1. The first-order valence-corrected chi connectivity index (χ1v) is 23.2. The lowest BCUT2D eigenvalue weighted by Crippen LogP contribution is -2.39. The Labute approximate surface area is 375 Å². The van der Waals surface area contributed by atoms with Gasteiger partial charge in [-0.25, -0.2) is 31.9 Å². The number of pyridine rings is 2. The van der Waals surface area contributed by atoms with Crippen LogP contribution in [-0.2, 0) is 27.1 Å². The smallest absolute Gasteiger partial charge is 0.410 e. The van der Waals surface area contributed by atoms with Crippen molar-refractivity contribution in [2.75, 3.05) is 26.3 Å². The number of hydrogen-bond acceptors (Lipinski definition) is 9. The summed E-state index contributed by atoms with van der Waals surface area (Å²) in [6.07, 6.45) is 13.1. The Morgan fingerprint density at radius 3 is 1.63 bits per heavy atom. The van der Waals surface area contributed by atoms with Crippen molar-refractivity contribution >= 4 is 39.8 Å². The Hall–Kier alpha value is -5.25. The Kier molecular flexibility index (Phi) is 14.7. The molecule has 2 aromatic carbocycles. The van der Waals surface area contributed by atoms with E-state index in [9.17, 15) is 37.1 Å². The fourth-order valence-corrected chi connectivity index (χ4v) is 9.27. The van der Waals surface area contributed by atoms with E-state index >= 15 is 4.39 Å². The molecule has 2 aliphatic carbocycles. The van der Waals surface area contributed by atoms with Gasteiger partial charge in [-0.05, 0) is 143 Å². The van der Waals surface area contributed by atoms with E-state index in [4.69, 9.17) is 14.2 Å².